The van der Waals surface area contributed by atoms with Crippen LogP contribution in [0.25, 0.3) is 0 Å². The number of hydrogen-bond donors (Lipinski definition) is 1. The third-order valence-electron chi connectivity index (χ3n) is 3.78. The number of benzene rings is 2. The van der Waals surface area contributed by atoms with E-state index in [0.29, 0.717) is 18.7 Å². The first-order valence-corrected chi connectivity index (χ1v) is 6.71. The number of nitrogens with two attached hydrogens (primary N) is 1. The molecule has 0 saturated heterocycles. The number of nitrogens with zero attached hydrogens (tertiary/aromatic N) is 1. The van der Waals surface area contributed by atoms with Crippen molar-refractivity contribution in [3.63, 3.8) is 0 Å². The highest BCUT2D eigenvalue weighted by atomic mass is 19.4. The summed E-state index contributed by atoms with van der Waals surface area (Å²) in [6, 6.07) is 12.1. The van der Waals surface area contributed by atoms with Gasteiger partial charge >= 0.3 is 6.18 Å². The van der Waals surface area contributed by atoms with Crippen LogP contribution >= 0.6 is 0 Å². The summed E-state index contributed by atoms with van der Waals surface area (Å²) in [5.74, 6) is 0. The second-order valence-corrected chi connectivity index (χ2v) is 5.18. The van der Waals surface area contributed by atoms with Crippen molar-refractivity contribution in [3.05, 3.63) is 64.7 Å². The van der Waals surface area contributed by atoms with Crippen molar-refractivity contribution in [2.24, 2.45) is 5.73 Å². The molecule has 2 N–H and O–H groups in total. The Bertz CT molecular complexity index is 640. The molecule has 0 saturated carbocycles. The summed E-state index contributed by atoms with van der Waals surface area (Å²) in [7, 11) is 0. The van der Waals surface area contributed by atoms with E-state index < -0.39 is 11.7 Å². The number of hydrogen-bond acceptors (Lipinski definition) is 2. The Labute approximate surface area is 121 Å². The minimum absolute atomic E-state index is 0.101. The Balaban J connectivity index is 2.00. The molecule has 1 aliphatic heterocycles. The van der Waals surface area contributed by atoms with E-state index in [1.54, 1.807) is 11.0 Å². The average molecular weight is 292 g/mol. The van der Waals surface area contributed by atoms with Gasteiger partial charge in [0.2, 0.25) is 0 Å². The van der Waals surface area contributed by atoms with Gasteiger partial charge in [0.1, 0.15) is 0 Å². The van der Waals surface area contributed by atoms with Crippen molar-refractivity contribution >= 4 is 5.69 Å². The highest BCUT2D eigenvalue weighted by molar-refractivity contribution is 5.59. The zero-order chi connectivity index (χ0) is 15.0. The predicted octanol–water partition coefficient (Wildman–Crippen LogP) is 3.68. The maximum atomic E-state index is 13.3. The van der Waals surface area contributed by atoms with Crippen molar-refractivity contribution in [1.82, 2.24) is 0 Å². The van der Waals surface area contributed by atoms with Gasteiger partial charge in [-0.3, -0.25) is 0 Å². The summed E-state index contributed by atoms with van der Waals surface area (Å²) in [6.07, 6.45) is -4.38. The van der Waals surface area contributed by atoms with Crippen LogP contribution in [-0.2, 0) is 25.8 Å². The second-order valence-electron chi connectivity index (χ2n) is 5.18. The molecule has 0 aliphatic carbocycles. The lowest BCUT2D eigenvalue weighted by atomic mass is 10.1. The topological polar surface area (TPSA) is 29.3 Å². The summed E-state index contributed by atoms with van der Waals surface area (Å²) in [5.41, 5.74) is 7.70. The molecule has 2 nitrogen and oxygen atoms in total. The number of halogens is 3. The maximum Gasteiger partial charge on any atom is 0.418 e. The largest absolute Gasteiger partial charge is 0.418 e. The Morgan fingerprint density at radius 1 is 1.00 bits per heavy atom. The lowest BCUT2D eigenvalue weighted by Gasteiger charge is -2.23. The van der Waals surface area contributed by atoms with Crippen LogP contribution < -0.4 is 10.6 Å². The zero-order valence-corrected chi connectivity index (χ0v) is 11.3. The average Bonchev–Trinajstić information content (AvgIpc) is 2.89. The smallest absolute Gasteiger partial charge is 0.362 e. The number of alkyl halides is 3. The molecule has 0 fully saturated rings. The molecule has 1 heterocycles. The van der Waals surface area contributed by atoms with E-state index in [-0.39, 0.29) is 12.2 Å². The highest BCUT2D eigenvalue weighted by Crippen LogP contribution is 2.39. The Morgan fingerprint density at radius 2 is 1.62 bits per heavy atom. The van der Waals surface area contributed by atoms with Crippen molar-refractivity contribution < 1.29 is 13.2 Å². The minimum Gasteiger partial charge on any atom is -0.362 e. The van der Waals surface area contributed by atoms with E-state index in [2.05, 4.69) is 0 Å². The summed E-state index contributed by atoms with van der Waals surface area (Å²) >= 11 is 0. The third-order valence-corrected chi connectivity index (χ3v) is 3.78. The monoisotopic (exact) mass is 292 g/mol. The van der Waals surface area contributed by atoms with Gasteiger partial charge in [0, 0.05) is 25.3 Å². The second kappa shape index (κ2) is 5.07. The molecule has 0 unspecified atom stereocenters. The van der Waals surface area contributed by atoms with Crippen molar-refractivity contribution in [2.45, 2.75) is 25.8 Å². The fraction of sp³-hybridized carbons (Fsp3) is 0.250. The summed E-state index contributed by atoms with van der Waals surface area (Å²) in [4.78, 5) is 1.76. The van der Waals surface area contributed by atoms with Crippen LogP contribution in [0, 0.1) is 0 Å². The lowest BCUT2D eigenvalue weighted by Crippen LogP contribution is -2.20. The molecule has 1 aliphatic rings. The van der Waals surface area contributed by atoms with Gasteiger partial charge in [-0.1, -0.05) is 30.3 Å². The predicted molar refractivity (Wildman–Crippen MR) is 75.7 cm³/mol. The van der Waals surface area contributed by atoms with Crippen LogP contribution in [0.2, 0.25) is 0 Å². The van der Waals surface area contributed by atoms with Gasteiger partial charge in [-0.15, -0.1) is 0 Å². The Kier molecular flexibility index (Phi) is 3.37. The van der Waals surface area contributed by atoms with E-state index in [1.807, 2.05) is 24.3 Å². The van der Waals surface area contributed by atoms with Crippen LogP contribution in [0.15, 0.2) is 42.5 Å². The van der Waals surface area contributed by atoms with Crippen LogP contribution in [0.4, 0.5) is 18.9 Å². The molecule has 110 valence electrons. The molecule has 2 aromatic rings. The molecule has 0 spiro atoms. The molecule has 5 heteroatoms. The molecule has 0 atom stereocenters. The SMILES string of the molecule is NCc1ccc(N2Cc3ccccc3C2)c(C(F)(F)F)c1. The molecule has 0 aromatic heterocycles. The Morgan fingerprint density at radius 3 is 2.14 bits per heavy atom. The van der Waals surface area contributed by atoms with Gasteiger partial charge < -0.3 is 10.6 Å². The summed E-state index contributed by atoms with van der Waals surface area (Å²) in [5, 5.41) is 0. The van der Waals surface area contributed by atoms with E-state index in [4.69, 9.17) is 5.73 Å². The first-order valence-electron chi connectivity index (χ1n) is 6.71. The van der Waals surface area contributed by atoms with Crippen LogP contribution in [-0.4, -0.2) is 0 Å². The number of rotatable bonds is 2. The van der Waals surface area contributed by atoms with Gasteiger partial charge in [-0.2, -0.15) is 13.2 Å². The molecule has 21 heavy (non-hydrogen) atoms. The molecular formula is C16H15F3N2. The van der Waals surface area contributed by atoms with Crippen LogP contribution in [0.1, 0.15) is 22.3 Å². The van der Waals surface area contributed by atoms with Crippen LogP contribution in [0.5, 0.6) is 0 Å². The first kappa shape index (κ1) is 13.9. The van der Waals surface area contributed by atoms with Crippen molar-refractivity contribution in [2.75, 3.05) is 4.90 Å². The fourth-order valence-electron chi connectivity index (χ4n) is 2.72. The van der Waals surface area contributed by atoms with Crippen molar-refractivity contribution in [1.29, 1.82) is 0 Å². The zero-order valence-electron chi connectivity index (χ0n) is 11.3. The highest BCUT2D eigenvalue weighted by Gasteiger charge is 2.36. The molecule has 3 rings (SSSR count). The molecule has 0 bridgehead atoms. The lowest BCUT2D eigenvalue weighted by molar-refractivity contribution is -0.137. The van der Waals surface area contributed by atoms with Gasteiger partial charge in [-0.25, -0.2) is 0 Å². The van der Waals surface area contributed by atoms with Crippen molar-refractivity contribution in [3.8, 4) is 0 Å². The quantitative estimate of drug-likeness (QED) is 0.914. The maximum absolute atomic E-state index is 13.3. The minimum atomic E-state index is -4.38. The van der Waals surface area contributed by atoms with Gasteiger partial charge in [0.15, 0.2) is 0 Å². The molecule has 2 aromatic carbocycles. The molecule has 0 amide bonds. The van der Waals surface area contributed by atoms with E-state index >= 15 is 0 Å². The summed E-state index contributed by atoms with van der Waals surface area (Å²) < 4.78 is 39.8. The van der Waals surface area contributed by atoms with E-state index in [9.17, 15) is 13.2 Å². The number of anilines is 1. The summed E-state index contributed by atoms with van der Waals surface area (Å²) in [6.45, 7) is 1.10. The van der Waals surface area contributed by atoms with E-state index in [0.717, 1.165) is 17.2 Å². The number of fused-ring (bicyclic) bond motifs is 1. The third kappa shape index (κ3) is 2.61. The van der Waals surface area contributed by atoms with Gasteiger partial charge in [0.05, 0.1) is 5.56 Å². The van der Waals surface area contributed by atoms with Crippen LogP contribution in [0.3, 0.4) is 0 Å². The normalized spacial score (nSPS) is 14.4. The standard InChI is InChI=1S/C16H15F3N2/c17-16(18,19)14-7-11(8-20)5-6-15(14)21-9-12-3-1-2-4-13(12)10-21/h1-7H,8-10,20H2. The Hall–Kier alpha value is -2.01. The first-order chi connectivity index (χ1) is 9.99. The van der Waals surface area contributed by atoms with Gasteiger partial charge in [0.25, 0.3) is 0 Å². The fourth-order valence-corrected chi connectivity index (χ4v) is 2.72. The van der Waals surface area contributed by atoms with E-state index in [1.165, 1.54) is 6.07 Å². The molecular weight excluding hydrogens is 277 g/mol. The van der Waals surface area contributed by atoms with Gasteiger partial charge in [-0.05, 0) is 28.8 Å². The molecule has 0 radical (unpaired) electrons.